The van der Waals surface area contributed by atoms with Crippen molar-refractivity contribution in [2.45, 2.75) is 26.0 Å². The molecule has 0 aliphatic heterocycles. The van der Waals surface area contributed by atoms with E-state index < -0.39 is 0 Å². The Bertz CT molecular complexity index is 931. The summed E-state index contributed by atoms with van der Waals surface area (Å²) in [6, 6.07) is 17.8. The van der Waals surface area contributed by atoms with Gasteiger partial charge in [-0.2, -0.15) is 0 Å². The molecule has 2 aromatic carbocycles. The molecule has 0 aliphatic carbocycles. The Labute approximate surface area is 206 Å². The number of nitrogens with one attached hydrogen (secondary N) is 2. The monoisotopic (exact) mass is 553 g/mol. The summed E-state index contributed by atoms with van der Waals surface area (Å²) >= 11 is 5.91. The average molecular weight is 554 g/mol. The van der Waals surface area contributed by atoms with Gasteiger partial charge in [-0.15, -0.1) is 24.0 Å². The molecule has 31 heavy (non-hydrogen) atoms. The van der Waals surface area contributed by atoms with E-state index in [0.717, 1.165) is 37.0 Å². The third-order valence-electron chi connectivity index (χ3n) is 4.57. The molecule has 0 saturated heterocycles. The summed E-state index contributed by atoms with van der Waals surface area (Å²) in [7, 11) is 1.76. The molecular formula is C23H29ClIN5O. The van der Waals surface area contributed by atoms with Gasteiger partial charge in [-0.3, -0.25) is 4.99 Å². The first-order valence-corrected chi connectivity index (χ1v) is 10.4. The van der Waals surface area contributed by atoms with E-state index in [4.69, 9.17) is 16.3 Å². The summed E-state index contributed by atoms with van der Waals surface area (Å²) < 4.78 is 8.06. The molecule has 1 atom stereocenters. The normalized spacial score (nSPS) is 12.0. The maximum absolute atomic E-state index is 5.91. The van der Waals surface area contributed by atoms with Crippen LogP contribution >= 0.6 is 35.6 Å². The highest BCUT2D eigenvalue weighted by molar-refractivity contribution is 14.0. The molecule has 8 heteroatoms. The number of hydrogen-bond acceptors (Lipinski definition) is 3. The Balaban J connectivity index is 0.00000341. The lowest BCUT2D eigenvalue weighted by Gasteiger charge is -2.18. The van der Waals surface area contributed by atoms with Gasteiger partial charge in [0.25, 0.3) is 0 Å². The highest BCUT2D eigenvalue weighted by Gasteiger charge is 2.07. The van der Waals surface area contributed by atoms with Crippen molar-refractivity contribution in [1.29, 1.82) is 0 Å². The molecule has 166 valence electrons. The number of ether oxygens (including phenoxy) is 1. The van der Waals surface area contributed by atoms with E-state index in [1.807, 2.05) is 49.6 Å². The summed E-state index contributed by atoms with van der Waals surface area (Å²) in [6.45, 7) is 4.20. The van der Waals surface area contributed by atoms with E-state index in [2.05, 4.69) is 49.4 Å². The third kappa shape index (κ3) is 8.41. The minimum Gasteiger partial charge on any atom is -0.489 e. The fourth-order valence-electron chi connectivity index (χ4n) is 3.03. The lowest BCUT2D eigenvalue weighted by atomic mass is 10.2. The molecule has 0 aliphatic rings. The predicted octanol–water partition coefficient (Wildman–Crippen LogP) is 4.38. The number of nitrogens with zero attached hydrogens (tertiary/aromatic N) is 3. The fourth-order valence-corrected chi connectivity index (χ4v) is 3.16. The molecule has 1 unspecified atom stereocenters. The summed E-state index contributed by atoms with van der Waals surface area (Å²) in [5.74, 6) is 2.57. The van der Waals surface area contributed by atoms with Crippen LogP contribution in [0.3, 0.4) is 0 Å². The van der Waals surface area contributed by atoms with E-state index in [9.17, 15) is 0 Å². The van der Waals surface area contributed by atoms with Crippen molar-refractivity contribution in [2.75, 3.05) is 20.1 Å². The van der Waals surface area contributed by atoms with Gasteiger partial charge in [-0.1, -0.05) is 41.9 Å². The van der Waals surface area contributed by atoms with Crippen molar-refractivity contribution in [3.8, 4) is 5.75 Å². The van der Waals surface area contributed by atoms with Gasteiger partial charge in [-0.05, 0) is 36.8 Å². The van der Waals surface area contributed by atoms with Crippen molar-refractivity contribution in [3.63, 3.8) is 0 Å². The third-order valence-corrected chi connectivity index (χ3v) is 4.82. The SMILES string of the molecule is CN=C(NCCc1nccn1Cc1ccccc1)NCC(C)Oc1ccc(Cl)cc1.I. The lowest BCUT2D eigenvalue weighted by Crippen LogP contribution is -2.42. The molecule has 1 heterocycles. The lowest BCUT2D eigenvalue weighted by molar-refractivity contribution is 0.224. The molecule has 0 bridgehead atoms. The van der Waals surface area contributed by atoms with Gasteiger partial charge in [0, 0.05) is 44.0 Å². The highest BCUT2D eigenvalue weighted by atomic mass is 127. The number of benzene rings is 2. The van der Waals surface area contributed by atoms with E-state index in [1.54, 1.807) is 7.05 Å². The van der Waals surface area contributed by atoms with Crippen LogP contribution in [0.2, 0.25) is 5.02 Å². The van der Waals surface area contributed by atoms with E-state index in [-0.39, 0.29) is 30.1 Å². The van der Waals surface area contributed by atoms with Crippen LogP contribution in [0.25, 0.3) is 0 Å². The molecule has 1 aromatic heterocycles. The van der Waals surface area contributed by atoms with Crippen LogP contribution in [0, 0.1) is 0 Å². The van der Waals surface area contributed by atoms with Crippen LogP contribution in [0.5, 0.6) is 5.75 Å². The summed E-state index contributed by atoms with van der Waals surface area (Å²) in [5, 5.41) is 7.33. The molecule has 0 radical (unpaired) electrons. The predicted molar refractivity (Wildman–Crippen MR) is 138 cm³/mol. The van der Waals surface area contributed by atoms with Gasteiger partial charge in [0.2, 0.25) is 0 Å². The first-order valence-electron chi connectivity index (χ1n) is 10.0. The summed E-state index contributed by atoms with van der Waals surface area (Å²) in [6.07, 6.45) is 4.65. The minimum atomic E-state index is -0.0190. The zero-order valence-corrected chi connectivity index (χ0v) is 20.9. The van der Waals surface area contributed by atoms with Gasteiger partial charge in [0.05, 0.1) is 6.54 Å². The standard InChI is InChI=1S/C23H28ClN5O.HI/c1-18(30-21-10-8-20(24)9-11-21)16-28-23(25-2)27-13-12-22-26-14-15-29(22)17-19-6-4-3-5-7-19;/h3-11,14-15,18H,12-13,16-17H2,1-2H3,(H2,25,27,28);1H. The minimum absolute atomic E-state index is 0. The molecule has 3 aromatic rings. The van der Waals surface area contributed by atoms with Crippen molar-refractivity contribution in [1.82, 2.24) is 20.2 Å². The van der Waals surface area contributed by atoms with Gasteiger partial charge < -0.3 is 19.9 Å². The second-order valence-electron chi connectivity index (χ2n) is 6.97. The largest absolute Gasteiger partial charge is 0.489 e. The smallest absolute Gasteiger partial charge is 0.191 e. The first-order chi connectivity index (χ1) is 14.6. The van der Waals surface area contributed by atoms with Gasteiger partial charge >= 0.3 is 0 Å². The first kappa shape index (κ1) is 25.0. The molecule has 0 fully saturated rings. The highest BCUT2D eigenvalue weighted by Crippen LogP contribution is 2.16. The van der Waals surface area contributed by atoms with Crippen molar-refractivity contribution in [2.24, 2.45) is 4.99 Å². The van der Waals surface area contributed by atoms with Crippen LogP contribution in [0.4, 0.5) is 0 Å². The Morgan fingerprint density at radius 1 is 1.13 bits per heavy atom. The number of hydrogen-bond donors (Lipinski definition) is 2. The van der Waals surface area contributed by atoms with E-state index >= 15 is 0 Å². The second-order valence-corrected chi connectivity index (χ2v) is 7.41. The summed E-state index contributed by atoms with van der Waals surface area (Å²) in [5.41, 5.74) is 1.26. The van der Waals surface area contributed by atoms with Gasteiger partial charge in [-0.25, -0.2) is 4.98 Å². The molecule has 0 amide bonds. The molecule has 3 rings (SSSR count). The van der Waals surface area contributed by atoms with Crippen LogP contribution < -0.4 is 15.4 Å². The topological polar surface area (TPSA) is 63.5 Å². The maximum atomic E-state index is 5.91. The zero-order valence-electron chi connectivity index (χ0n) is 17.8. The maximum Gasteiger partial charge on any atom is 0.191 e. The number of guanidine groups is 1. The van der Waals surface area contributed by atoms with Crippen molar-refractivity contribution in [3.05, 3.63) is 83.4 Å². The molecule has 6 nitrogen and oxygen atoms in total. The fraction of sp³-hybridized carbons (Fsp3) is 0.304. The summed E-state index contributed by atoms with van der Waals surface area (Å²) in [4.78, 5) is 8.78. The van der Waals surface area contributed by atoms with Gasteiger partial charge in [0.1, 0.15) is 17.7 Å². The average Bonchev–Trinajstić information content (AvgIpc) is 3.19. The molecule has 0 saturated carbocycles. The number of aromatic nitrogens is 2. The second kappa shape index (κ2) is 13.2. The van der Waals surface area contributed by atoms with Crippen molar-refractivity contribution >= 4 is 41.5 Å². The number of rotatable bonds is 9. The van der Waals surface area contributed by atoms with Crippen LogP contribution in [0.1, 0.15) is 18.3 Å². The number of halogens is 2. The van der Waals surface area contributed by atoms with Crippen LogP contribution in [-0.4, -0.2) is 41.8 Å². The molecule has 2 N–H and O–H groups in total. The number of imidazole rings is 1. The van der Waals surface area contributed by atoms with Crippen molar-refractivity contribution < 1.29 is 4.74 Å². The number of aliphatic imine (C=N–C) groups is 1. The Kier molecular flexibility index (Phi) is 10.7. The quantitative estimate of drug-likeness (QED) is 0.235. The van der Waals surface area contributed by atoms with Crippen LogP contribution in [-0.2, 0) is 13.0 Å². The molecular weight excluding hydrogens is 525 g/mol. The zero-order chi connectivity index (χ0) is 21.2. The molecule has 0 spiro atoms. The van der Waals surface area contributed by atoms with E-state index in [0.29, 0.717) is 11.6 Å². The van der Waals surface area contributed by atoms with Crippen LogP contribution in [0.15, 0.2) is 72.0 Å². The van der Waals surface area contributed by atoms with Gasteiger partial charge in [0.15, 0.2) is 5.96 Å². The van der Waals surface area contributed by atoms with E-state index in [1.165, 1.54) is 5.56 Å². The Hall–Kier alpha value is -2.26. The Morgan fingerprint density at radius 3 is 2.58 bits per heavy atom. The Morgan fingerprint density at radius 2 is 1.87 bits per heavy atom.